The number of aliphatic hydroxyl groups is 1. The Balaban J connectivity index is 1.98. The van der Waals surface area contributed by atoms with Crippen molar-refractivity contribution < 1.29 is 43.2 Å². The molecule has 0 heterocycles. The van der Waals surface area contributed by atoms with Gasteiger partial charge in [-0.3, -0.25) is 14.9 Å². The second-order valence-electron chi connectivity index (χ2n) is 13.6. The van der Waals surface area contributed by atoms with Gasteiger partial charge in [-0.25, -0.2) is 9.59 Å². The first-order valence-corrected chi connectivity index (χ1v) is 15.6. The molecular formula is C36H50N2O9. The second kappa shape index (κ2) is 17.1. The van der Waals surface area contributed by atoms with E-state index in [-0.39, 0.29) is 37.7 Å². The van der Waals surface area contributed by atoms with Crippen LogP contribution in [-0.4, -0.2) is 67.2 Å². The molecule has 0 fully saturated rings. The van der Waals surface area contributed by atoms with Gasteiger partial charge >= 0.3 is 18.0 Å². The molecule has 47 heavy (non-hydrogen) atoms. The van der Waals surface area contributed by atoms with Gasteiger partial charge in [-0.15, -0.1) is 0 Å². The van der Waals surface area contributed by atoms with Gasteiger partial charge in [0.1, 0.15) is 31.3 Å². The van der Waals surface area contributed by atoms with Crippen LogP contribution in [0.2, 0.25) is 0 Å². The molecule has 0 bridgehead atoms. The number of anilines is 2. The lowest BCUT2D eigenvalue weighted by molar-refractivity contribution is -0.171. The summed E-state index contributed by atoms with van der Waals surface area (Å²) in [4.78, 5) is 49.8. The van der Waals surface area contributed by atoms with E-state index in [1.807, 2.05) is 77.9 Å². The first-order valence-electron chi connectivity index (χ1n) is 15.6. The van der Waals surface area contributed by atoms with Gasteiger partial charge in [-0.05, 0) is 75.9 Å². The highest BCUT2D eigenvalue weighted by molar-refractivity contribution is 5.94. The van der Waals surface area contributed by atoms with Gasteiger partial charge < -0.3 is 29.4 Å². The van der Waals surface area contributed by atoms with E-state index in [4.69, 9.17) is 18.9 Å². The summed E-state index contributed by atoms with van der Waals surface area (Å²) < 4.78 is 21.6. The Morgan fingerprint density at radius 2 is 1.30 bits per heavy atom. The first-order chi connectivity index (χ1) is 21.8. The highest BCUT2D eigenvalue weighted by Crippen LogP contribution is 2.28. The number of nitrogens with one attached hydrogen (secondary N) is 2. The second-order valence-corrected chi connectivity index (χ2v) is 13.6. The molecule has 0 aromatic heterocycles. The van der Waals surface area contributed by atoms with Crippen molar-refractivity contribution >= 4 is 35.3 Å². The summed E-state index contributed by atoms with van der Waals surface area (Å²) in [5.41, 5.74) is 1.05. The average molecular weight is 655 g/mol. The molecule has 0 spiro atoms. The fraction of sp³-hybridized carbons (Fsp3) is 0.500. The zero-order valence-electron chi connectivity index (χ0n) is 28.9. The van der Waals surface area contributed by atoms with E-state index < -0.39 is 47.2 Å². The average Bonchev–Trinajstić information content (AvgIpc) is 2.99. The molecule has 2 aromatic carbocycles. The summed E-state index contributed by atoms with van der Waals surface area (Å²) in [6.45, 7) is 16.5. The Kier molecular flexibility index (Phi) is 14.2. The smallest absolute Gasteiger partial charge is 0.411 e. The van der Waals surface area contributed by atoms with E-state index in [1.165, 1.54) is 6.92 Å². The standard InChI is InChI=1S/C36H50N2O9/c1-10-36(23-47-35(7,8)9,32(42)45-21-29(39)20-44-30(40)24(2)3)22-46-33(43)38-28-17-13-26(14-18-28)19-25-11-15-27(16-12-25)37-31(41)34(4,5)6/h11-18,29,39H,2,10,19-23H2,1,3-9H3,(H,37,41)(H,38,43). The number of esters is 2. The predicted octanol–water partition coefficient (Wildman–Crippen LogP) is 6.05. The lowest BCUT2D eigenvalue weighted by Crippen LogP contribution is -2.45. The van der Waals surface area contributed by atoms with Crippen LogP contribution in [0.1, 0.15) is 72.9 Å². The third-order valence-corrected chi connectivity index (χ3v) is 7.03. The zero-order valence-corrected chi connectivity index (χ0v) is 28.9. The number of carbonyl (C=O) groups excluding carboxylic acids is 4. The number of carbonyl (C=O) groups is 4. The number of hydrogen-bond acceptors (Lipinski definition) is 9. The van der Waals surface area contributed by atoms with Crippen LogP contribution in [0.5, 0.6) is 0 Å². The Morgan fingerprint density at radius 3 is 1.77 bits per heavy atom. The summed E-state index contributed by atoms with van der Waals surface area (Å²) in [5, 5.41) is 15.7. The Morgan fingerprint density at radius 1 is 0.787 bits per heavy atom. The van der Waals surface area contributed by atoms with E-state index >= 15 is 0 Å². The summed E-state index contributed by atoms with van der Waals surface area (Å²) in [7, 11) is 0. The molecule has 0 aliphatic heterocycles. The molecule has 11 nitrogen and oxygen atoms in total. The molecule has 0 saturated carbocycles. The zero-order chi connectivity index (χ0) is 35.4. The van der Waals surface area contributed by atoms with Crippen molar-refractivity contribution in [2.24, 2.45) is 10.8 Å². The minimum absolute atomic E-state index is 0.0546. The molecule has 2 amide bonds. The lowest BCUT2D eigenvalue weighted by atomic mass is 9.86. The molecule has 0 saturated heterocycles. The third kappa shape index (κ3) is 13.6. The summed E-state index contributed by atoms with van der Waals surface area (Å²) in [6.07, 6.45) is -1.15. The predicted molar refractivity (Wildman–Crippen MR) is 180 cm³/mol. The fourth-order valence-corrected chi connectivity index (χ4v) is 3.85. The van der Waals surface area contributed by atoms with Crippen LogP contribution in [0.3, 0.4) is 0 Å². The summed E-state index contributed by atoms with van der Waals surface area (Å²) in [6, 6.07) is 14.9. The number of amides is 2. The van der Waals surface area contributed by atoms with E-state index in [1.54, 1.807) is 19.1 Å². The number of benzene rings is 2. The van der Waals surface area contributed by atoms with Gasteiger partial charge in [0.05, 0.1) is 12.2 Å². The molecule has 0 aliphatic rings. The molecule has 11 heteroatoms. The normalized spacial score (nSPS) is 13.5. The minimum atomic E-state index is -1.35. The summed E-state index contributed by atoms with van der Waals surface area (Å²) in [5.74, 6) is -1.45. The summed E-state index contributed by atoms with van der Waals surface area (Å²) >= 11 is 0. The van der Waals surface area contributed by atoms with Crippen molar-refractivity contribution in [2.75, 3.05) is 37.1 Å². The molecule has 0 radical (unpaired) electrons. The lowest BCUT2D eigenvalue weighted by Gasteiger charge is -2.33. The monoisotopic (exact) mass is 654 g/mol. The van der Waals surface area contributed by atoms with E-state index in [0.29, 0.717) is 12.1 Å². The highest BCUT2D eigenvalue weighted by atomic mass is 16.6. The topological polar surface area (TPSA) is 149 Å². The Hall–Kier alpha value is -4.22. The van der Waals surface area contributed by atoms with Crippen LogP contribution in [0.25, 0.3) is 0 Å². The van der Waals surface area contributed by atoms with Crippen molar-refractivity contribution in [1.82, 2.24) is 0 Å². The number of aliphatic hydroxyl groups excluding tert-OH is 1. The van der Waals surface area contributed by atoms with Crippen LogP contribution in [0.4, 0.5) is 16.2 Å². The van der Waals surface area contributed by atoms with Gasteiger partial charge in [0.15, 0.2) is 0 Å². The van der Waals surface area contributed by atoms with Crippen LogP contribution < -0.4 is 10.6 Å². The van der Waals surface area contributed by atoms with Gasteiger partial charge in [0.2, 0.25) is 5.91 Å². The van der Waals surface area contributed by atoms with Gasteiger partial charge in [0, 0.05) is 22.4 Å². The molecule has 2 aromatic rings. The maximum Gasteiger partial charge on any atom is 0.411 e. The molecule has 2 atom stereocenters. The van der Waals surface area contributed by atoms with Gasteiger partial charge in [-0.1, -0.05) is 58.5 Å². The van der Waals surface area contributed by atoms with Gasteiger partial charge in [0.25, 0.3) is 0 Å². The first kappa shape index (κ1) is 39.0. The number of ether oxygens (including phenoxy) is 4. The van der Waals surface area contributed by atoms with E-state index in [2.05, 4.69) is 17.2 Å². The highest BCUT2D eigenvalue weighted by Gasteiger charge is 2.42. The number of rotatable bonds is 15. The number of hydrogen-bond donors (Lipinski definition) is 3. The van der Waals surface area contributed by atoms with Crippen molar-refractivity contribution in [3.63, 3.8) is 0 Å². The van der Waals surface area contributed by atoms with Crippen LogP contribution >= 0.6 is 0 Å². The Labute approximate surface area is 278 Å². The Bertz CT molecular complexity index is 1370. The van der Waals surface area contributed by atoms with Crippen LogP contribution in [-0.2, 0) is 39.8 Å². The van der Waals surface area contributed by atoms with Crippen molar-refractivity contribution in [3.8, 4) is 0 Å². The van der Waals surface area contributed by atoms with Crippen molar-refractivity contribution in [2.45, 2.75) is 79.9 Å². The maximum atomic E-state index is 13.3. The maximum absolute atomic E-state index is 13.3. The van der Waals surface area contributed by atoms with E-state index in [9.17, 15) is 24.3 Å². The minimum Gasteiger partial charge on any atom is -0.462 e. The largest absolute Gasteiger partial charge is 0.462 e. The van der Waals surface area contributed by atoms with Crippen molar-refractivity contribution in [1.29, 1.82) is 0 Å². The third-order valence-electron chi connectivity index (χ3n) is 7.03. The fourth-order valence-electron chi connectivity index (χ4n) is 3.85. The molecule has 2 unspecified atom stereocenters. The van der Waals surface area contributed by atoms with Gasteiger partial charge in [-0.2, -0.15) is 0 Å². The molecule has 3 N–H and O–H groups in total. The quantitative estimate of drug-likeness (QED) is 0.119. The molecule has 0 aliphatic carbocycles. The molecule has 2 rings (SSSR count). The SMILES string of the molecule is C=C(C)C(=O)OCC(O)COC(=O)C(CC)(COC(=O)Nc1ccc(Cc2ccc(NC(=O)C(C)(C)C)cc2)cc1)COC(C)(C)C. The van der Waals surface area contributed by atoms with Crippen molar-refractivity contribution in [3.05, 3.63) is 71.8 Å². The molecular weight excluding hydrogens is 604 g/mol. The van der Waals surface area contributed by atoms with Crippen LogP contribution in [0, 0.1) is 10.8 Å². The van der Waals surface area contributed by atoms with Crippen LogP contribution in [0.15, 0.2) is 60.7 Å². The molecule has 258 valence electrons. The van der Waals surface area contributed by atoms with E-state index in [0.717, 1.165) is 16.8 Å².